The number of carbonyl (C=O) groups is 1. The van der Waals surface area contributed by atoms with Crippen molar-refractivity contribution in [2.75, 3.05) is 4.31 Å². The monoisotopic (exact) mass is 351 g/mol. The van der Waals surface area contributed by atoms with Crippen molar-refractivity contribution in [3.8, 4) is 0 Å². The molecule has 0 amide bonds. The van der Waals surface area contributed by atoms with Crippen molar-refractivity contribution < 1.29 is 22.7 Å². The molecule has 0 saturated carbocycles. The summed E-state index contributed by atoms with van der Waals surface area (Å²) in [6, 6.07) is 8.04. The molecule has 2 rings (SSSR count). The van der Waals surface area contributed by atoms with Gasteiger partial charge in [0.25, 0.3) is 10.0 Å². The Balaban J connectivity index is 2.66. The van der Waals surface area contributed by atoms with Crippen LogP contribution in [0.25, 0.3) is 0 Å². The van der Waals surface area contributed by atoms with E-state index in [1.807, 2.05) is 6.92 Å². The van der Waals surface area contributed by atoms with E-state index in [9.17, 15) is 22.7 Å². The van der Waals surface area contributed by atoms with Crippen molar-refractivity contribution in [2.45, 2.75) is 31.7 Å². The molecular formula is C17H18FNO4S. The van der Waals surface area contributed by atoms with Crippen LogP contribution in [0.2, 0.25) is 0 Å². The van der Waals surface area contributed by atoms with Gasteiger partial charge in [0.2, 0.25) is 0 Å². The third-order valence-corrected chi connectivity index (χ3v) is 5.57. The zero-order chi connectivity index (χ0) is 18.1. The van der Waals surface area contributed by atoms with Crippen molar-refractivity contribution in [1.29, 1.82) is 0 Å². The molecule has 0 aromatic heterocycles. The molecule has 2 aromatic rings. The highest BCUT2D eigenvalue weighted by Gasteiger charge is 2.34. The molecule has 0 aliphatic heterocycles. The van der Waals surface area contributed by atoms with Gasteiger partial charge in [0.15, 0.2) is 0 Å². The van der Waals surface area contributed by atoms with Crippen molar-refractivity contribution in [1.82, 2.24) is 0 Å². The summed E-state index contributed by atoms with van der Waals surface area (Å²) in [5, 5.41) is 9.35. The van der Waals surface area contributed by atoms with Crippen LogP contribution in [0.4, 0.5) is 10.1 Å². The topological polar surface area (TPSA) is 74.7 Å². The highest BCUT2D eigenvalue weighted by Crippen LogP contribution is 2.30. The quantitative estimate of drug-likeness (QED) is 0.898. The lowest BCUT2D eigenvalue weighted by atomic mass is 10.1. The van der Waals surface area contributed by atoms with E-state index in [1.165, 1.54) is 6.92 Å². The van der Waals surface area contributed by atoms with Gasteiger partial charge in [-0.15, -0.1) is 0 Å². The van der Waals surface area contributed by atoms with Crippen LogP contribution in [-0.2, 0) is 14.8 Å². The lowest BCUT2D eigenvalue weighted by molar-refractivity contribution is -0.137. The molecule has 2 aromatic carbocycles. The predicted molar refractivity (Wildman–Crippen MR) is 89.1 cm³/mol. The average Bonchev–Trinajstić information content (AvgIpc) is 2.49. The molecular weight excluding hydrogens is 333 g/mol. The number of hydrogen-bond donors (Lipinski definition) is 1. The van der Waals surface area contributed by atoms with Crippen LogP contribution >= 0.6 is 0 Å². The van der Waals surface area contributed by atoms with Crippen LogP contribution in [-0.4, -0.2) is 25.5 Å². The van der Waals surface area contributed by atoms with E-state index in [2.05, 4.69) is 0 Å². The Bertz CT molecular complexity index is 863. The minimum atomic E-state index is -4.16. The van der Waals surface area contributed by atoms with Crippen LogP contribution in [0.15, 0.2) is 47.4 Å². The smallest absolute Gasteiger partial charge is 0.327 e. The fourth-order valence-electron chi connectivity index (χ4n) is 2.42. The van der Waals surface area contributed by atoms with Crippen LogP contribution in [0.5, 0.6) is 0 Å². The molecule has 0 radical (unpaired) electrons. The highest BCUT2D eigenvalue weighted by atomic mass is 32.2. The molecule has 5 nitrogen and oxygen atoms in total. The summed E-state index contributed by atoms with van der Waals surface area (Å²) < 4.78 is 39.9. The first-order chi connectivity index (χ1) is 11.1. The molecule has 0 fully saturated rings. The summed E-state index contributed by atoms with van der Waals surface area (Å²) in [7, 11) is -4.16. The fourth-order valence-corrected chi connectivity index (χ4v) is 4.10. The van der Waals surface area contributed by atoms with E-state index >= 15 is 0 Å². The van der Waals surface area contributed by atoms with Gasteiger partial charge in [-0.2, -0.15) is 0 Å². The first kappa shape index (κ1) is 17.9. The number of rotatable bonds is 5. The highest BCUT2D eigenvalue weighted by molar-refractivity contribution is 7.93. The number of carboxylic acids is 1. The van der Waals surface area contributed by atoms with Crippen LogP contribution in [0.1, 0.15) is 18.1 Å². The Kier molecular flexibility index (Phi) is 4.94. The molecule has 0 bridgehead atoms. The maximum atomic E-state index is 13.1. The largest absolute Gasteiger partial charge is 0.480 e. The SMILES string of the molecule is Cc1ccc(N(C(C)C(=O)O)S(=O)(=O)c2ccc(F)cc2)c(C)c1. The number of anilines is 1. The van der Waals surface area contributed by atoms with Crippen LogP contribution in [0.3, 0.4) is 0 Å². The van der Waals surface area contributed by atoms with E-state index in [0.717, 1.165) is 34.1 Å². The molecule has 7 heteroatoms. The normalized spacial score (nSPS) is 12.7. The molecule has 1 N–H and O–H groups in total. The van der Waals surface area contributed by atoms with Gasteiger partial charge in [0.1, 0.15) is 11.9 Å². The second kappa shape index (κ2) is 6.60. The molecule has 0 aliphatic carbocycles. The van der Waals surface area contributed by atoms with E-state index in [4.69, 9.17) is 0 Å². The number of halogens is 1. The van der Waals surface area contributed by atoms with Crippen LogP contribution in [0, 0.1) is 19.7 Å². The van der Waals surface area contributed by atoms with E-state index in [1.54, 1.807) is 25.1 Å². The lowest BCUT2D eigenvalue weighted by Crippen LogP contribution is -2.43. The summed E-state index contributed by atoms with van der Waals surface area (Å²) in [5.74, 6) is -1.85. The lowest BCUT2D eigenvalue weighted by Gasteiger charge is -2.29. The van der Waals surface area contributed by atoms with Gasteiger partial charge in [-0.25, -0.2) is 17.6 Å². The molecule has 0 aliphatic rings. The van der Waals surface area contributed by atoms with Gasteiger partial charge in [-0.1, -0.05) is 17.7 Å². The van der Waals surface area contributed by atoms with Gasteiger partial charge >= 0.3 is 5.97 Å². The fraction of sp³-hybridized carbons (Fsp3) is 0.235. The van der Waals surface area contributed by atoms with E-state index in [-0.39, 0.29) is 10.6 Å². The minimum Gasteiger partial charge on any atom is -0.480 e. The van der Waals surface area contributed by atoms with Gasteiger partial charge < -0.3 is 5.11 Å². The first-order valence-corrected chi connectivity index (χ1v) is 8.68. The number of carboxylic acid groups (broad SMARTS) is 1. The molecule has 1 unspecified atom stereocenters. The van der Waals surface area contributed by atoms with E-state index < -0.39 is 27.9 Å². The molecule has 128 valence electrons. The zero-order valence-electron chi connectivity index (χ0n) is 13.5. The number of aliphatic carboxylic acids is 1. The number of sulfonamides is 1. The molecule has 0 heterocycles. The Morgan fingerprint density at radius 2 is 1.71 bits per heavy atom. The Morgan fingerprint density at radius 3 is 2.21 bits per heavy atom. The maximum Gasteiger partial charge on any atom is 0.327 e. The molecule has 24 heavy (non-hydrogen) atoms. The maximum absolute atomic E-state index is 13.1. The Morgan fingerprint density at radius 1 is 1.12 bits per heavy atom. The standard InChI is InChI=1S/C17H18FNO4S/c1-11-4-9-16(12(2)10-11)19(13(3)17(20)21)24(22,23)15-7-5-14(18)6-8-15/h4-10,13H,1-3H3,(H,20,21). The third kappa shape index (κ3) is 3.41. The minimum absolute atomic E-state index is 0.169. The molecule has 0 spiro atoms. The van der Waals surface area contributed by atoms with Crippen LogP contribution < -0.4 is 4.31 Å². The first-order valence-electron chi connectivity index (χ1n) is 7.24. The van der Waals surface area contributed by atoms with Gasteiger partial charge in [0.05, 0.1) is 10.6 Å². The van der Waals surface area contributed by atoms with Gasteiger partial charge in [-0.3, -0.25) is 4.31 Å². The summed E-state index contributed by atoms with van der Waals surface area (Å²) in [6.45, 7) is 4.86. The van der Waals surface area contributed by atoms with Gasteiger partial charge in [-0.05, 0) is 56.7 Å². The number of hydrogen-bond acceptors (Lipinski definition) is 3. The summed E-state index contributed by atoms with van der Waals surface area (Å²) >= 11 is 0. The second-order valence-electron chi connectivity index (χ2n) is 5.56. The van der Waals surface area contributed by atoms with E-state index in [0.29, 0.717) is 5.56 Å². The Hall–Kier alpha value is -2.41. The number of benzene rings is 2. The van der Waals surface area contributed by atoms with Crippen molar-refractivity contribution in [2.24, 2.45) is 0 Å². The summed E-state index contributed by atoms with van der Waals surface area (Å²) in [6.07, 6.45) is 0. The predicted octanol–water partition coefficient (Wildman–Crippen LogP) is 3.11. The molecule has 0 saturated heterocycles. The summed E-state index contributed by atoms with van der Waals surface area (Å²) in [5.41, 5.74) is 1.84. The third-order valence-electron chi connectivity index (χ3n) is 3.67. The zero-order valence-corrected chi connectivity index (χ0v) is 14.3. The van der Waals surface area contributed by atoms with Gasteiger partial charge in [0, 0.05) is 0 Å². The average molecular weight is 351 g/mol. The number of nitrogens with zero attached hydrogens (tertiary/aromatic N) is 1. The number of aryl methyl sites for hydroxylation is 2. The molecule has 1 atom stereocenters. The van der Waals surface area contributed by atoms with Crippen molar-refractivity contribution in [3.05, 3.63) is 59.4 Å². The summed E-state index contributed by atoms with van der Waals surface area (Å²) in [4.78, 5) is 11.3. The second-order valence-corrected chi connectivity index (χ2v) is 7.37. The Labute approximate surface area is 140 Å². The van der Waals surface area contributed by atoms with Crippen molar-refractivity contribution in [3.63, 3.8) is 0 Å². The van der Waals surface area contributed by atoms with Crippen molar-refractivity contribution >= 4 is 21.7 Å².